The molecule has 168 valence electrons. The van der Waals surface area contributed by atoms with Crippen LogP contribution in [0.3, 0.4) is 0 Å². The highest BCUT2D eigenvalue weighted by Crippen LogP contribution is 2.41. The predicted molar refractivity (Wildman–Crippen MR) is 110 cm³/mol. The fraction of sp³-hybridized carbons (Fsp3) is 0.409. The van der Waals surface area contributed by atoms with Gasteiger partial charge in [-0.25, -0.2) is 14.4 Å². The van der Waals surface area contributed by atoms with Crippen LogP contribution in [0.2, 0.25) is 0 Å². The third kappa shape index (κ3) is 5.17. The molecular formula is C22H27NO8. The first-order chi connectivity index (χ1) is 14.8. The van der Waals surface area contributed by atoms with E-state index in [0.717, 1.165) is 0 Å². The van der Waals surface area contributed by atoms with Gasteiger partial charge in [0.15, 0.2) is 18.1 Å². The first-order valence-electron chi connectivity index (χ1n) is 9.60. The number of rotatable bonds is 8. The molecule has 0 fully saturated rings. The summed E-state index contributed by atoms with van der Waals surface area (Å²) >= 11 is 0. The Labute approximate surface area is 180 Å². The summed E-state index contributed by atoms with van der Waals surface area (Å²) < 4.78 is 25.7. The largest absolute Gasteiger partial charge is 0.493 e. The first kappa shape index (κ1) is 23.8. The second-order valence-corrected chi connectivity index (χ2v) is 6.62. The Morgan fingerprint density at radius 1 is 0.935 bits per heavy atom. The van der Waals surface area contributed by atoms with Crippen molar-refractivity contribution < 1.29 is 38.1 Å². The van der Waals surface area contributed by atoms with E-state index in [0.29, 0.717) is 22.7 Å². The minimum atomic E-state index is -0.781. The standard InChI is InChI=1S/C22H27NO8/c1-7-30-17(24)11-31-16-10-14(8-9-15(16)27-4)20-18(21(25)28-5)12(2)23-13(3)19(20)22(26)29-6/h8-10,20,23H,7,11H2,1-6H3. The molecule has 0 radical (unpaired) electrons. The van der Waals surface area contributed by atoms with E-state index in [1.54, 1.807) is 39.0 Å². The number of carbonyl (C=O) groups is 3. The van der Waals surface area contributed by atoms with Crippen LogP contribution in [0.15, 0.2) is 40.7 Å². The van der Waals surface area contributed by atoms with Crippen LogP contribution in [0.4, 0.5) is 0 Å². The molecule has 0 saturated carbocycles. The normalized spacial score (nSPS) is 14.0. The molecule has 2 rings (SSSR count). The Kier molecular flexibility index (Phi) is 8.07. The monoisotopic (exact) mass is 433 g/mol. The molecule has 1 heterocycles. The summed E-state index contributed by atoms with van der Waals surface area (Å²) in [4.78, 5) is 36.9. The number of nitrogens with one attached hydrogen (secondary N) is 1. The highest BCUT2D eigenvalue weighted by Gasteiger charge is 2.38. The van der Waals surface area contributed by atoms with E-state index < -0.39 is 23.8 Å². The van der Waals surface area contributed by atoms with Gasteiger partial charge in [0.1, 0.15) is 0 Å². The van der Waals surface area contributed by atoms with E-state index >= 15 is 0 Å². The highest BCUT2D eigenvalue weighted by atomic mass is 16.6. The van der Waals surface area contributed by atoms with Gasteiger partial charge in [-0.3, -0.25) is 0 Å². The number of ether oxygens (including phenoxy) is 5. The molecule has 9 heteroatoms. The second kappa shape index (κ2) is 10.5. The van der Waals surface area contributed by atoms with Crippen LogP contribution in [0.25, 0.3) is 0 Å². The van der Waals surface area contributed by atoms with Crippen molar-refractivity contribution in [3.8, 4) is 11.5 Å². The van der Waals surface area contributed by atoms with Gasteiger partial charge in [0.2, 0.25) is 0 Å². The summed E-state index contributed by atoms with van der Waals surface area (Å²) in [5.41, 5.74) is 2.17. The van der Waals surface area contributed by atoms with Crippen LogP contribution < -0.4 is 14.8 Å². The van der Waals surface area contributed by atoms with Crippen molar-refractivity contribution in [2.75, 3.05) is 34.5 Å². The molecule has 0 bridgehead atoms. The van der Waals surface area contributed by atoms with Crippen molar-refractivity contribution in [2.24, 2.45) is 0 Å². The van der Waals surface area contributed by atoms with E-state index in [1.807, 2.05) is 0 Å². The van der Waals surface area contributed by atoms with E-state index in [-0.39, 0.29) is 30.1 Å². The lowest BCUT2D eigenvalue weighted by atomic mass is 9.80. The minimum absolute atomic E-state index is 0.230. The minimum Gasteiger partial charge on any atom is -0.493 e. The van der Waals surface area contributed by atoms with E-state index in [1.165, 1.54) is 21.3 Å². The third-order valence-electron chi connectivity index (χ3n) is 4.74. The summed E-state index contributed by atoms with van der Waals surface area (Å²) in [6, 6.07) is 4.95. The molecule has 1 aliphatic rings. The Bertz CT molecular complexity index is 893. The van der Waals surface area contributed by atoms with Crippen molar-refractivity contribution in [1.82, 2.24) is 5.32 Å². The average Bonchev–Trinajstić information content (AvgIpc) is 2.76. The Balaban J connectivity index is 2.59. The number of benzene rings is 1. The number of hydrogen-bond donors (Lipinski definition) is 1. The van der Waals surface area contributed by atoms with Gasteiger partial charge in [0.05, 0.1) is 45.0 Å². The maximum atomic E-state index is 12.6. The summed E-state index contributed by atoms with van der Waals surface area (Å²) in [6.07, 6.45) is 0. The van der Waals surface area contributed by atoms with Crippen molar-refractivity contribution >= 4 is 17.9 Å². The van der Waals surface area contributed by atoms with Gasteiger partial charge in [-0.05, 0) is 38.5 Å². The average molecular weight is 433 g/mol. The maximum absolute atomic E-state index is 12.6. The molecule has 0 unspecified atom stereocenters. The highest BCUT2D eigenvalue weighted by molar-refractivity contribution is 5.99. The number of hydrogen-bond acceptors (Lipinski definition) is 9. The second-order valence-electron chi connectivity index (χ2n) is 6.62. The number of dihydropyridines is 1. The SMILES string of the molecule is CCOC(=O)COc1cc(C2C(C(=O)OC)=C(C)NC(C)=C2C(=O)OC)ccc1OC. The summed E-state index contributed by atoms with van der Waals surface area (Å²) in [5.74, 6) is -1.86. The molecule has 0 atom stereocenters. The van der Waals surface area contributed by atoms with Crippen LogP contribution in [0.1, 0.15) is 32.3 Å². The molecule has 0 aliphatic carbocycles. The van der Waals surface area contributed by atoms with Crippen molar-refractivity contribution in [1.29, 1.82) is 0 Å². The van der Waals surface area contributed by atoms with E-state index in [9.17, 15) is 14.4 Å². The van der Waals surface area contributed by atoms with Gasteiger partial charge in [-0.2, -0.15) is 0 Å². The predicted octanol–water partition coefficient (Wildman–Crippen LogP) is 2.22. The zero-order valence-electron chi connectivity index (χ0n) is 18.5. The molecule has 0 saturated heterocycles. The van der Waals surface area contributed by atoms with Crippen LogP contribution in [0, 0.1) is 0 Å². The van der Waals surface area contributed by atoms with E-state index in [4.69, 9.17) is 23.7 Å². The van der Waals surface area contributed by atoms with Crippen LogP contribution in [-0.4, -0.2) is 52.5 Å². The summed E-state index contributed by atoms with van der Waals surface area (Å²) in [5, 5.41) is 3.04. The first-order valence-corrected chi connectivity index (χ1v) is 9.60. The Morgan fingerprint density at radius 2 is 1.52 bits per heavy atom. The quantitative estimate of drug-likeness (QED) is 0.487. The molecule has 9 nitrogen and oxygen atoms in total. The lowest BCUT2D eigenvalue weighted by Crippen LogP contribution is -2.32. The number of carbonyl (C=O) groups excluding carboxylic acids is 3. The molecule has 1 N–H and O–H groups in total. The van der Waals surface area contributed by atoms with Crippen LogP contribution >= 0.6 is 0 Å². The maximum Gasteiger partial charge on any atom is 0.344 e. The molecule has 0 amide bonds. The zero-order valence-corrected chi connectivity index (χ0v) is 18.5. The molecule has 1 aliphatic heterocycles. The fourth-order valence-corrected chi connectivity index (χ4v) is 3.41. The van der Waals surface area contributed by atoms with Gasteiger partial charge in [0.25, 0.3) is 0 Å². The van der Waals surface area contributed by atoms with Crippen molar-refractivity contribution in [2.45, 2.75) is 26.7 Å². The lowest BCUT2D eigenvalue weighted by molar-refractivity contribution is -0.145. The third-order valence-corrected chi connectivity index (χ3v) is 4.74. The van der Waals surface area contributed by atoms with Gasteiger partial charge in [0, 0.05) is 11.4 Å². The van der Waals surface area contributed by atoms with Gasteiger partial charge >= 0.3 is 17.9 Å². The number of methoxy groups -OCH3 is 3. The molecule has 1 aromatic rings. The van der Waals surface area contributed by atoms with Crippen molar-refractivity contribution in [3.63, 3.8) is 0 Å². The number of allylic oxidation sites excluding steroid dienone is 2. The topological polar surface area (TPSA) is 109 Å². The van der Waals surface area contributed by atoms with Crippen LogP contribution in [0.5, 0.6) is 11.5 Å². The smallest absolute Gasteiger partial charge is 0.344 e. The van der Waals surface area contributed by atoms with Crippen molar-refractivity contribution in [3.05, 3.63) is 46.3 Å². The van der Waals surface area contributed by atoms with Gasteiger partial charge in [-0.15, -0.1) is 0 Å². The zero-order chi connectivity index (χ0) is 23.1. The molecule has 31 heavy (non-hydrogen) atoms. The number of esters is 3. The summed E-state index contributed by atoms with van der Waals surface area (Å²) in [6.45, 7) is 5.05. The molecular weight excluding hydrogens is 406 g/mol. The van der Waals surface area contributed by atoms with Crippen LogP contribution in [-0.2, 0) is 28.6 Å². The fourth-order valence-electron chi connectivity index (χ4n) is 3.41. The Morgan fingerprint density at radius 3 is 2.00 bits per heavy atom. The molecule has 0 spiro atoms. The molecule has 1 aromatic carbocycles. The van der Waals surface area contributed by atoms with Gasteiger partial charge in [-0.1, -0.05) is 6.07 Å². The lowest BCUT2D eigenvalue weighted by Gasteiger charge is -2.30. The molecule has 0 aromatic heterocycles. The van der Waals surface area contributed by atoms with Gasteiger partial charge < -0.3 is 29.0 Å². The summed E-state index contributed by atoms with van der Waals surface area (Å²) in [7, 11) is 4.00. The Hall–Kier alpha value is -3.49. The van der Waals surface area contributed by atoms with E-state index in [2.05, 4.69) is 5.32 Å².